The Balaban J connectivity index is 2.74. The van der Waals surface area contributed by atoms with E-state index in [1.807, 2.05) is 0 Å². The monoisotopic (exact) mass is 315 g/mol. The largest absolute Gasteiger partial charge is 0.460 e. The van der Waals surface area contributed by atoms with Gasteiger partial charge in [-0.1, -0.05) is 0 Å². The molecule has 0 amide bonds. The first kappa shape index (κ1) is 15.1. The minimum absolute atomic E-state index is 0.431. The summed E-state index contributed by atoms with van der Waals surface area (Å²) in [4.78, 5) is 15.9. The van der Waals surface area contributed by atoms with Crippen molar-refractivity contribution in [2.45, 2.75) is 39.4 Å². The summed E-state index contributed by atoms with van der Waals surface area (Å²) < 4.78 is 6.05. The topological polar surface area (TPSA) is 59.4 Å². The van der Waals surface area contributed by atoms with E-state index < -0.39 is 23.6 Å². The van der Waals surface area contributed by atoms with Crippen LogP contribution in [0.4, 0.5) is 0 Å². The number of aromatic nitrogens is 1. The normalized spacial score (nSPS) is 15.0. The van der Waals surface area contributed by atoms with E-state index in [2.05, 4.69) is 20.9 Å². The minimum atomic E-state index is -0.965. The number of nitrogens with zero attached hydrogens (tertiary/aromatic N) is 1. The highest BCUT2D eigenvalue weighted by atomic mass is 79.9. The number of carbonyl (C=O) groups is 1. The summed E-state index contributed by atoms with van der Waals surface area (Å²) in [6, 6.07) is 3.45. The zero-order valence-corrected chi connectivity index (χ0v) is 12.6. The molecule has 100 valence electrons. The molecular weight excluding hydrogens is 298 g/mol. The second kappa shape index (κ2) is 5.80. The number of aliphatic hydroxyl groups excluding tert-OH is 1. The number of hydrogen-bond donors (Lipinski definition) is 1. The Labute approximate surface area is 116 Å². The first-order chi connectivity index (χ1) is 8.20. The van der Waals surface area contributed by atoms with Crippen molar-refractivity contribution in [3.63, 3.8) is 0 Å². The highest BCUT2D eigenvalue weighted by Crippen LogP contribution is 2.24. The lowest BCUT2D eigenvalue weighted by Crippen LogP contribution is -2.30. The van der Waals surface area contributed by atoms with E-state index in [9.17, 15) is 9.90 Å². The van der Waals surface area contributed by atoms with Crippen LogP contribution in [-0.2, 0) is 9.53 Å². The number of halogens is 1. The van der Waals surface area contributed by atoms with Gasteiger partial charge in [0.15, 0.2) is 0 Å². The predicted molar refractivity (Wildman–Crippen MR) is 71.9 cm³/mol. The van der Waals surface area contributed by atoms with Crippen LogP contribution in [0.5, 0.6) is 0 Å². The Bertz CT molecular complexity index is 411. The molecule has 0 bridgehead atoms. The maximum Gasteiger partial charge on any atom is 0.312 e. The van der Waals surface area contributed by atoms with E-state index in [4.69, 9.17) is 4.74 Å². The van der Waals surface area contributed by atoms with Gasteiger partial charge >= 0.3 is 5.97 Å². The Morgan fingerprint density at radius 2 is 2.06 bits per heavy atom. The highest BCUT2D eigenvalue weighted by Gasteiger charge is 2.28. The lowest BCUT2D eigenvalue weighted by atomic mass is 10.0. The van der Waals surface area contributed by atoms with E-state index in [0.717, 1.165) is 4.47 Å². The van der Waals surface area contributed by atoms with Crippen molar-refractivity contribution in [3.8, 4) is 0 Å². The zero-order chi connectivity index (χ0) is 13.9. The van der Waals surface area contributed by atoms with Crippen LogP contribution < -0.4 is 0 Å². The molecule has 1 N–H and O–H groups in total. The van der Waals surface area contributed by atoms with Gasteiger partial charge in [0.2, 0.25) is 0 Å². The van der Waals surface area contributed by atoms with Gasteiger partial charge in [0.05, 0.1) is 11.6 Å². The van der Waals surface area contributed by atoms with Gasteiger partial charge < -0.3 is 9.84 Å². The standard InChI is InChI=1S/C13H18BrNO3/c1-8(12(17)18-13(2,3)4)11(16)10-6-5-9(14)7-15-10/h5-8,11,16H,1-4H3. The number of aliphatic hydroxyl groups is 1. The van der Waals surface area contributed by atoms with E-state index in [0.29, 0.717) is 5.69 Å². The summed E-state index contributed by atoms with van der Waals surface area (Å²) in [6.45, 7) is 7.01. The van der Waals surface area contributed by atoms with Crippen LogP contribution in [0.15, 0.2) is 22.8 Å². The summed E-state index contributed by atoms with van der Waals surface area (Å²) in [5.74, 6) is -1.09. The fourth-order valence-corrected chi connectivity index (χ4v) is 1.58. The fourth-order valence-electron chi connectivity index (χ4n) is 1.34. The average molecular weight is 316 g/mol. The summed E-state index contributed by atoms with van der Waals surface area (Å²) in [5.41, 5.74) is -0.102. The molecule has 0 aromatic carbocycles. The quantitative estimate of drug-likeness (QED) is 0.871. The number of carbonyl (C=O) groups excluding carboxylic acids is 1. The first-order valence-electron chi connectivity index (χ1n) is 5.73. The van der Waals surface area contributed by atoms with Crippen molar-refractivity contribution in [2.75, 3.05) is 0 Å². The highest BCUT2D eigenvalue weighted by molar-refractivity contribution is 9.10. The number of pyridine rings is 1. The molecule has 0 aliphatic carbocycles. The van der Waals surface area contributed by atoms with Gasteiger partial charge in [-0.3, -0.25) is 9.78 Å². The molecule has 0 saturated carbocycles. The number of hydrogen-bond acceptors (Lipinski definition) is 4. The molecule has 4 nitrogen and oxygen atoms in total. The van der Waals surface area contributed by atoms with E-state index in [1.165, 1.54) is 0 Å². The number of ether oxygens (including phenoxy) is 1. The molecule has 0 spiro atoms. The van der Waals surface area contributed by atoms with E-state index >= 15 is 0 Å². The van der Waals surface area contributed by atoms with Crippen molar-refractivity contribution < 1.29 is 14.6 Å². The molecule has 2 unspecified atom stereocenters. The maximum atomic E-state index is 11.8. The van der Waals surface area contributed by atoms with Gasteiger partial charge in [-0.15, -0.1) is 0 Å². The second-order valence-electron chi connectivity index (χ2n) is 5.17. The van der Waals surface area contributed by atoms with Gasteiger partial charge in [0.1, 0.15) is 11.7 Å². The van der Waals surface area contributed by atoms with Crippen LogP contribution in [0.1, 0.15) is 39.5 Å². The van der Waals surface area contributed by atoms with Gasteiger partial charge in [-0.25, -0.2) is 0 Å². The lowest BCUT2D eigenvalue weighted by Gasteiger charge is -2.24. The Morgan fingerprint density at radius 1 is 1.44 bits per heavy atom. The molecule has 5 heteroatoms. The van der Waals surface area contributed by atoms with Crippen molar-refractivity contribution >= 4 is 21.9 Å². The maximum absolute atomic E-state index is 11.8. The van der Waals surface area contributed by atoms with Crippen molar-refractivity contribution in [1.29, 1.82) is 0 Å². The van der Waals surface area contributed by atoms with Gasteiger partial charge in [0.25, 0.3) is 0 Å². The third-order valence-electron chi connectivity index (χ3n) is 2.31. The summed E-state index contributed by atoms with van der Waals surface area (Å²) in [5, 5.41) is 10.1. The van der Waals surface area contributed by atoms with Gasteiger partial charge in [0, 0.05) is 10.7 Å². The molecule has 0 saturated heterocycles. The third kappa shape index (κ3) is 4.38. The van der Waals surface area contributed by atoms with Crippen molar-refractivity contribution in [1.82, 2.24) is 4.98 Å². The van der Waals surface area contributed by atoms with Crippen molar-refractivity contribution in [2.24, 2.45) is 5.92 Å². The zero-order valence-electron chi connectivity index (χ0n) is 11.0. The van der Waals surface area contributed by atoms with Crippen molar-refractivity contribution in [3.05, 3.63) is 28.5 Å². The van der Waals surface area contributed by atoms with Crippen LogP contribution in [-0.4, -0.2) is 21.7 Å². The fraction of sp³-hybridized carbons (Fsp3) is 0.538. The molecular formula is C13H18BrNO3. The molecule has 0 aliphatic heterocycles. The molecule has 0 fully saturated rings. The molecule has 2 atom stereocenters. The molecule has 1 heterocycles. The number of rotatable bonds is 3. The molecule has 1 rings (SSSR count). The van der Waals surface area contributed by atoms with Crippen LogP contribution in [0.3, 0.4) is 0 Å². The molecule has 0 aliphatic rings. The molecule has 18 heavy (non-hydrogen) atoms. The van der Waals surface area contributed by atoms with Gasteiger partial charge in [-0.2, -0.15) is 0 Å². The first-order valence-corrected chi connectivity index (χ1v) is 6.52. The third-order valence-corrected chi connectivity index (χ3v) is 2.77. The predicted octanol–water partition coefficient (Wildman–Crippen LogP) is 2.86. The average Bonchev–Trinajstić information content (AvgIpc) is 2.26. The second-order valence-corrected chi connectivity index (χ2v) is 6.08. The lowest BCUT2D eigenvalue weighted by molar-refractivity contribution is -0.163. The summed E-state index contributed by atoms with van der Waals surface area (Å²) in [6.07, 6.45) is 0.619. The Hall–Kier alpha value is -0.940. The van der Waals surface area contributed by atoms with Crippen LogP contribution in [0.25, 0.3) is 0 Å². The number of esters is 1. The molecule has 1 aromatic rings. The molecule has 0 radical (unpaired) electrons. The van der Waals surface area contributed by atoms with Crippen LogP contribution in [0.2, 0.25) is 0 Å². The molecule has 1 aromatic heterocycles. The Morgan fingerprint density at radius 3 is 2.50 bits per heavy atom. The van der Waals surface area contributed by atoms with E-state index in [-0.39, 0.29) is 0 Å². The summed E-state index contributed by atoms with van der Waals surface area (Å²) >= 11 is 3.26. The smallest absolute Gasteiger partial charge is 0.312 e. The van der Waals surface area contributed by atoms with Crippen LogP contribution >= 0.6 is 15.9 Å². The van der Waals surface area contributed by atoms with Gasteiger partial charge in [-0.05, 0) is 55.8 Å². The SMILES string of the molecule is CC(C(=O)OC(C)(C)C)C(O)c1ccc(Br)cn1. The Kier molecular flexibility index (Phi) is 4.87. The minimum Gasteiger partial charge on any atom is -0.460 e. The van der Waals surface area contributed by atoms with Crippen LogP contribution in [0, 0.1) is 5.92 Å². The van der Waals surface area contributed by atoms with E-state index in [1.54, 1.807) is 46.0 Å². The summed E-state index contributed by atoms with van der Waals surface area (Å²) in [7, 11) is 0.